The van der Waals surface area contributed by atoms with Gasteiger partial charge in [0.25, 0.3) is 0 Å². The van der Waals surface area contributed by atoms with Gasteiger partial charge in [0.2, 0.25) is 0 Å². The van der Waals surface area contributed by atoms with Crippen LogP contribution in [0.5, 0.6) is 0 Å². The smallest absolute Gasteiger partial charge is 0.162 e. The van der Waals surface area contributed by atoms with Crippen LogP contribution in [-0.4, -0.2) is 15.9 Å². The molecule has 2 aliphatic rings. The molecule has 3 aromatic rings. The number of aryl methyl sites for hydroxylation is 2. The molecule has 2 aliphatic carbocycles. The Morgan fingerprint density at radius 2 is 1.56 bits per heavy atom. The van der Waals surface area contributed by atoms with E-state index in [0.717, 1.165) is 54.4 Å². The molecule has 0 saturated heterocycles. The van der Waals surface area contributed by atoms with Crippen LogP contribution in [-0.2, 0) is 31.3 Å². The first-order valence-corrected chi connectivity index (χ1v) is 15.4. The van der Waals surface area contributed by atoms with Gasteiger partial charge in [-0.05, 0) is 54.8 Å². The van der Waals surface area contributed by atoms with Crippen LogP contribution < -0.4 is 0 Å². The Hall–Kier alpha value is -2.29. The number of fused-ring (bicyclic) bond motifs is 1. The standard InChI is InChI=1S/C22H24N.C15H24O2.Ir/c1-15-11-16(2)13-18(12-15)20-10-9-19-17(14-22(3,4)5)7-6-8-21(19)23-20;16-14(12-7-3-1-4-8-12)11-15(17)13-9-5-2-6-10-13;/h6-12H,14H2,1-5H3;11-13,16H,1-10H2;/q-1;;/b;14-11-;. The summed E-state index contributed by atoms with van der Waals surface area (Å²) in [5.41, 5.74) is 7.19. The summed E-state index contributed by atoms with van der Waals surface area (Å²) in [5, 5.41) is 11.3. The molecule has 1 aromatic heterocycles. The zero-order valence-corrected chi connectivity index (χ0v) is 28.1. The predicted molar refractivity (Wildman–Crippen MR) is 168 cm³/mol. The monoisotopic (exact) mass is 731 g/mol. The summed E-state index contributed by atoms with van der Waals surface area (Å²) in [6.45, 7) is 11.0. The third kappa shape index (κ3) is 9.90. The van der Waals surface area contributed by atoms with Gasteiger partial charge in [-0.2, -0.15) is 0 Å². The number of carbonyl (C=O) groups is 1. The number of benzene rings is 2. The van der Waals surface area contributed by atoms with Crippen molar-refractivity contribution in [3.05, 3.63) is 77.1 Å². The number of aromatic nitrogens is 1. The number of ketones is 1. The Morgan fingerprint density at radius 3 is 2.17 bits per heavy atom. The van der Waals surface area contributed by atoms with E-state index in [1.54, 1.807) is 6.08 Å². The summed E-state index contributed by atoms with van der Waals surface area (Å²) >= 11 is 0. The molecular formula is C37H48IrNO2-. The molecule has 41 heavy (non-hydrogen) atoms. The van der Waals surface area contributed by atoms with Crippen LogP contribution in [0.15, 0.2) is 54.3 Å². The summed E-state index contributed by atoms with van der Waals surface area (Å²) in [7, 11) is 0. The minimum Gasteiger partial charge on any atom is -0.512 e. The van der Waals surface area contributed by atoms with E-state index < -0.39 is 0 Å². The van der Waals surface area contributed by atoms with Gasteiger partial charge in [-0.3, -0.25) is 9.78 Å². The number of aliphatic hydroxyl groups is 1. The van der Waals surface area contributed by atoms with Crippen LogP contribution in [0.3, 0.4) is 0 Å². The van der Waals surface area contributed by atoms with Crippen molar-refractivity contribution >= 4 is 16.7 Å². The van der Waals surface area contributed by atoms with Crippen LogP contribution >= 0.6 is 0 Å². The van der Waals surface area contributed by atoms with E-state index in [1.807, 2.05) is 0 Å². The molecule has 2 fully saturated rings. The molecule has 223 valence electrons. The molecule has 0 unspecified atom stereocenters. The Balaban J connectivity index is 0.000000230. The SMILES string of the molecule is Cc1[c-]c(-c2ccc3c(CC(C)(C)C)cccc3n2)cc(C)c1.O=C(/C=C(\O)C1CCCCC1)C1CCCCC1.[Ir]. The molecule has 0 atom stereocenters. The Kier molecular flexibility index (Phi) is 12.4. The Bertz CT molecular complexity index is 1300. The van der Waals surface area contributed by atoms with Crippen molar-refractivity contribution in [3.8, 4) is 11.3 Å². The summed E-state index contributed by atoms with van der Waals surface area (Å²) in [6.07, 6.45) is 14.0. The van der Waals surface area contributed by atoms with Crippen molar-refractivity contribution in [1.82, 2.24) is 4.98 Å². The topological polar surface area (TPSA) is 50.2 Å². The fraction of sp³-hybridized carbons (Fsp3) is 0.514. The maximum atomic E-state index is 12.0. The van der Waals surface area contributed by atoms with E-state index in [1.165, 1.54) is 55.0 Å². The second-order valence-corrected chi connectivity index (χ2v) is 13.3. The molecule has 1 heterocycles. The first-order valence-electron chi connectivity index (χ1n) is 15.4. The predicted octanol–water partition coefficient (Wildman–Crippen LogP) is 10.1. The van der Waals surface area contributed by atoms with Crippen molar-refractivity contribution in [2.24, 2.45) is 17.3 Å². The quantitative estimate of drug-likeness (QED) is 0.162. The molecule has 2 aromatic carbocycles. The summed E-state index contributed by atoms with van der Waals surface area (Å²) < 4.78 is 0. The van der Waals surface area contributed by atoms with Gasteiger partial charge < -0.3 is 5.11 Å². The van der Waals surface area contributed by atoms with Gasteiger partial charge in [0.1, 0.15) is 0 Å². The number of pyridine rings is 1. The average molecular weight is 731 g/mol. The van der Waals surface area contributed by atoms with Gasteiger partial charge in [-0.15, -0.1) is 34.9 Å². The number of hydrogen-bond acceptors (Lipinski definition) is 3. The normalized spacial score (nSPS) is 17.0. The van der Waals surface area contributed by atoms with Crippen LogP contribution in [0.2, 0.25) is 0 Å². The molecule has 5 rings (SSSR count). The molecule has 1 N–H and O–H groups in total. The molecule has 0 bridgehead atoms. The van der Waals surface area contributed by atoms with Crippen LogP contribution in [0, 0.1) is 37.2 Å². The third-order valence-electron chi connectivity index (χ3n) is 8.29. The Labute approximate surface area is 261 Å². The van der Waals surface area contributed by atoms with Crippen molar-refractivity contribution in [2.75, 3.05) is 0 Å². The van der Waals surface area contributed by atoms with Gasteiger partial charge in [-0.1, -0.05) is 97.4 Å². The fourth-order valence-electron chi connectivity index (χ4n) is 6.29. The number of nitrogens with zero attached hydrogens (tertiary/aromatic N) is 1. The summed E-state index contributed by atoms with van der Waals surface area (Å²) in [4.78, 5) is 16.9. The molecule has 0 spiro atoms. The van der Waals surface area contributed by atoms with Gasteiger partial charge in [0, 0.05) is 43.4 Å². The van der Waals surface area contributed by atoms with Crippen LogP contribution in [0.1, 0.15) is 102 Å². The Morgan fingerprint density at radius 1 is 0.927 bits per heavy atom. The largest absolute Gasteiger partial charge is 0.512 e. The molecule has 0 amide bonds. The maximum absolute atomic E-state index is 12.0. The first-order chi connectivity index (χ1) is 19.1. The second kappa shape index (κ2) is 15.3. The average Bonchev–Trinajstić information content (AvgIpc) is 2.93. The van der Waals surface area contributed by atoms with E-state index in [4.69, 9.17) is 4.98 Å². The second-order valence-electron chi connectivity index (χ2n) is 13.3. The fourth-order valence-corrected chi connectivity index (χ4v) is 6.29. The molecule has 2 saturated carbocycles. The molecule has 0 aliphatic heterocycles. The number of hydrogen-bond donors (Lipinski definition) is 1. The summed E-state index contributed by atoms with van der Waals surface area (Å²) in [6, 6.07) is 18.5. The third-order valence-corrected chi connectivity index (χ3v) is 8.29. The van der Waals surface area contributed by atoms with E-state index >= 15 is 0 Å². The number of allylic oxidation sites excluding steroid dienone is 2. The minimum absolute atomic E-state index is 0. The maximum Gasteiger partial charge on any atom is 0.162 e. The van der Waals surface area contributed by atoms with Gasteiger partial charge >= 0.3 is 0 Å². The van der Waals surface area contributed by atoms with Crippen molar-refractivity contribution in [3.63, 3.8) is 0 Å². The van der Waals surface area contributed by atoms with E-state index in [9.17, 15) is 9.90 Å². The first kappa shape index (κ1) is 33.2. The van der Waals surface area contributed by atoms with E-state index in [-0.39, 0.29) is 43.1 Å². The van der Waals surface area contributed by atoms with Crippen LogP contribution in [0.4, 0.5) is 0 Å². The minimum atomic E-state index is 0. The molecule has 3 nitrogen and oxygen atoms in total. The number of aliphatic hydroxyl groups excluding tert-OH is 1. The molecule has 1 radical (unpaired) electrons. The van der Waals surface area contributed by atoms with E-state index in [2.05, 4.69) is 83.1 Å². The number of rotatable bonds is 5. The molecular weight excluding hydrogens is 683 g/mol. The van der Waals surface area contributed by atoms with Crippen LogP contribution in [0.25, 0.3) is 22.2 Å². The van der Waals surface area contributed by atoms with Crippen molar-refractivity contribution in [1.29, 1.82) is 0 Å². The van der Waals surface area contributed by atoms with Gasteiger partial charge in [0.15, 0.2) is 5.78 Å². The van der Waals surface area contributed by atoms with Crippen molar-refractivity contribution < 1.29 is 30.0 Å². The molecule has 4 heteroatoms. The summed E-state index contributed by atoms with van der Waals surface area (Å²) in [5.74, 6) is 0.985. The zero-order chi connectivity index (χ0) is 28.7. The van der Waals surface area contributed by atoms with Gasteiger partial charge in [0.05, 0.1) is 11.3 Å². The van der Waals surface area contributed by atoms with Crippen molar-refractivity contribution in [2.45, 2.75) is 105 Å². The number of carbonyl (C=O) groups excluding carboxylic acids is 1. The zero-order valence-electron chi connectivity index (χ0n) is 25.7. The van der Waals surface area contributed by atoms with E-state index in [0.29, 0.717) is 5.76 Å². The van der Waals surface area contributed by atoms with Gasteiger partial charge in [-0.25, -0.2) is 0 Å².